The fourth-order valence-corrected chi connectivity index (χ4v) is 6.49. The van der Waals surface area contributed by atoms with Crippen LogP contribution in [0.3, 0.4) is 0 Å². The van der Waals surface area contributed by atoms with Gasteiger partial charge in [-0.3, -0.25) is 15.1 Å². The number of nitrogens with one attached hydrogen (secondary N) is 1. The van der Waals surface area contributed by atoms with Crippen LogP contribution in [0.1, 0.15) is 40.5 Å². The number of pyridine rings is 1. The van der Waals surface area contributed by atoms with E-state index in [1.807, 2.05) is 36.5 Å². The standard InChI is InChI=1S/C31H27N5O3S2/c1-20-18-27(21(2)34(20)19-24-6-5-17-39-24)30-29(28-7-3-4-16-32-28)33-31(40)35(30)22-8-12-25(13-9-22)41-26-14-10-23(11-15-26)36(37)38/h3-18,29-30H,19H2,1-2H3,(H,33,40)/t29-,30-/m1/s1. The molecule has 206 valence electrons. The Morgan fingerprint density at radius 1 is 1.02 bits per heavy atom. The normalized spacial score (nSPS) is 16.6. The summed E-state index contributed by atoms with van der Waals surface area (Å²) in [5, 5.41) is 15.2. The van der Waals surface area contributed by atoms with Crippen LogP contribution in [0.4, 0.5) is 11.4 Å². The second-order valence-corrected chi connectivity index (χ2v) is 11.4. The zero-order chi connectivity index (χ0) is 28.5. The Balaban J connectivity index is 1.34. The van der Waals surface area contributed by atoms with Crippen molar-refractivity contribution in [3.63, 3.8) is 0 Å². The van der Waals surface area contributed by atoms with Gasteiger partial charge in [-0.2, -0.15) is 0 Å². The molecule has 0 spiro atoms. The molecular weight excluding hydrogens is 555 g/mol. The van der Waals surface area contributed by atoms with Gasteiger partial charge >= 0.3 is 0 Å². The van der Waals surface area contributed by atoms with Crippen LogP contribution in [-0.2, 0) is 6.54 Å². The minimum Gasteiger partial charge on any atom is -0.467 e. The van der Waals surface area contributed by atoms with Crippen molar-refractivity contribution in [2.75, 3.05) is 4.90 Å². The van der Waals surface area contributed by atoms with Crippen molar-refractivity contribution in [1.29, 1.82) is 0 Å². The molecule has 8 nitrogen and oxygen atoms in total. The van der Waals surface area contributed by atoms with Crippen molar-refractivity contribution in [2.24, 2.45) is 0 Å². The first-order valence-corrected chi connectivity index (χ1v) is 14.3. The molecular formula is C31H27N5O3S2. The van der Waals surface area contributed by atoms with Crippen molar-refractivity contribution < 1.29 is 9.34 Å². The van der Waals surface area contributed by atoms with Gasteiger partial charge in [-0.05, 0) is 98.4 Å². The molecule has 1 N–H and O–H groups in total. The molecule has 41 heavy (non-hydrogen) atoms. The molecule has 2 aromatic carbocycles. The number of non-ortho nitro benzene ring substituents is 1. The number of rotatable bonds is 8. The Morgan fingerprint density at radius 3 is 2.39 bits per heavy atom. The van der Waals surface area contributed by atoms with Crippen LogP contribution in [0.2, 0.25) is 0 Å². The van der Waals surface area contributed by atoms with Crippen LogP contribution in [0.15, 0.2) is 112 Å². The first-order valence-electron chi connectivity index (χ1n) is 13.1. The molecule has 1 fully saturated rings. The minimum atomic E-state index is -0.390. The van der Waals surface area contributed by atoms with Gasteiger partial charge < -0.3 is 19.2 Å². The SMILES string of the molecule is Cc1cc([C@@H]2[C@@H](c3ccccn3)NC(=S)N2c2ccc(Sc3ccc([N+](=O)[O-])cc3)cc2)c(C)n1Cc1ccco1. The Bertz CT molecular complexity index is 1680. The van der Waals surface area contributed by atoms with Gasteiger partial charge in [0.15, 0.2) is 5.11 Å². The summed E-state index contributed by atoms with van der Waals surface area (Å²) in [6.07, 6.45) is 3.51. The highest BCUT2D eigenvalue weighted by molar-refractivity contribution is 7.99. The van der Waals surface area contributed by atoms with E-state index in [0.29, 0.717) is 11.7 Å². The molecule has 1 aliphatic rings. The number of hydrogen-bond donors (Lipinski definition) is 1. The van der Waals surface area contributed by atoms with Crippen molar-refractivity contribution >= 4 is 40.5 Å². The van der Waals surface area contributed by atoms with Gasteiger partial charge in [0.25, 0.3) is 5.69 Å². The van der Waals surface area contributed by atoms with Gasteiger partial charge in [-0.1, -0.05) is 17.8 Å². The van der Waals surface area contributed by atoms with Crippen LogP contribution in [0.25, 0.3) is 0 Å². The third-order valence-corrected chi connectivity index (χ3v) is 8.65. The van der Waals surface area contributed by atoms with Gasteiger partial charge in [-0.15, -0.1) is 0 Å². The molecule has 6 rings (SSSR count). The zero-order valence-electron chi connectivity index (χ0n) is 22.4. The Labute approximate surface area is 247 Å². The fraction of sp³-hybridized carbons (Fsp3) is 0.161. The summed E-state index contributed by atoms with van der Waals surface area (Å²) in [6, 6.07) is 26.6. The maximum atomic E-state index is 11.0. The monoisotopic (exact) mass is 581 g/mol. The highest BCUT2D eigenvalue weighted by atomic mass is 32.2. The van der Waals surface area contributed by atoms with Crippen LogP contribution < -0.4 is 10.2 Å². The summed E-state index contributed by atoms with van der Waals surface area (Å²) in [5.74, 6) is 0.901. The van der Waals surface area contributed by atoms with Crippen LogP contribution in [-0.4, -0.2) is 19.6 Å². The van der Waals surface area contributed by atoms with Gasteiger partial charge in [0.05, 0.1) is 35.5 Å². The molecule has 1 aliphatic heterocycles. The quantitative estimate of drug-likeness (QED) is 0.115. The second-order valence-electron chi connectivity index (χ2n) is 9.84. The summed E-state index contributed by atoms with van der Waals surface area (Å²) in [6.45, 7) is 4.91. The highest BCUT2D eigenvalue weighted by Gasteiger charge is 2.42. The summed E-state index contributed by atoms with van der Waals surface area (Å²) in [5.41, 5.74) is 5.42. The molecule has 0 bridgehead atoms. The molecule has 2 atom stereocenters. The van der Waals surface area contributed by atoms with Crippen molar-refractivity contribution in [1.82, 2.24) is 14.9 Å². The molecule has 0 unspecified atom stereocenters. The summed E-state index contributed by atoms with van der Waals surface area (Å²) in [4.78, 5) is 19.4. The average Bonchev–Trinajstić information content (AvgIpc) is 3.69. The number of benzene rings is 2. The molecule has 0 radical (unpaired) electrons. The molecule has 1 saturated heterocycles. The maximum Gasteiger partial charge on any atom is 0.269 e. The smallest absolute Gasteiger partial charge is 0.269 e. The zero-order valence-corrected chi connectivity index (χ0v) is 24.1. The largest absolute Gasteiger partial charge is 0.467 e. The van der Waals surface area contributed by atoms with Crippen molar-refractivity contribution in [2.45, 2.75) is 42.3 Å². The van der Waals surface area contributed by atoms with Crippen LogP contribution in [0.5, 0.6) is 0 Å². The number of aryl methyl sites for hydroxylation is 1. The Kier molecular flexibility index (Phi) is 7.34. The van der Waals surface area contributed by atoms with Gasteiger partial charge in [0, 0.05) is 45.2 Å². The Morgan fingerprint density at radius 2 is 1.76 bits per heavy atom. The fourth-order valence-electron chi connectivity index (χ4n) is 5.32. The van der Waals surface area contributed by atoms with Gasteiger partial charge in [0.2, 0.25) is 0 Å². The maximum absolute atomic E-state index is 11.0. The van der Waals surface area contributed by atoms with Crippen molar-refractivity contribution in [3.8, 4) is 0 Å². The first-order chi connectivity index (χ1) is 19.9. The van der Waals surface area contributed by atoms with Gasteiger partial charge in [-0.25, -0.2) is 0 Å². The third kappa shape index (κ3) is 5.36. The predicted octanol–water partition coefficient (Wildman–Crippen LogP) is 7.38. The average molecular weight is 582 g/mol. The van der Waals surface area contributed by atoms with Crippen LogP contribution >= 0.6 is 24.0 Å². The van der Waals surface area contributed by atoms with E-state index in [4.69, 9.17) is 16.6 Å². The lowest BCUT2D eigenvalue weighted by Gasteiger charge is -2.28. The predicted molar refractivity (Wildman–Crippen MR) is 163 cm³/mol. The van der Waals surface area contributed by atoms with Crippen LogP contribution in [0, 0.1) is 24.0 Å². The lowest BCUT2D eigenvalue weighted by Crippen LogP contribution is -2.29. The summed E-state index contributed by atoms with van der Waals surface area (Å²) >= 11 is 7.48. The number of anilines is 1. The topological polar surface area (TPSA) is 89.4 Å². The highest BCUT2D eigenvalue weighted by Crippen LogP contribution is 2.44. The summed E-state index contributed by atoms with van der Waals surface area (Å²) < 4.78 is 7.91. The number of thiocarbonyl (C=S) groups is 1. The lowest BCUT2D eigenvalue weighted by atomic mass is 9.96. The minimum absolute atomic E-state index is 0.0803. The molecule has 10 heteroatoms. The number of nitro benzene ring substituents is 1. The van der Waals surface area contributed by atoms with E-state index in [2.05, 4.69) is 63.9 Å². The van der Waals surface area contributed by atoms with E-state index in [1.165, 1.54) is 17.7 Å². The molecule has 4 heterocycles. The number of nitrogens with zero attached hydrogens (tertiary/aromatic N) is 4. The van der Waals surface area contributed by atoms with E-state index in [9.17, 15) is 10.1 Å². The molecule has 3 aromatic heterocycles. The number of furan rings is 1. The van der Waals surface area contributed by atoms with E-state index in [0.717, 1.165) is 38.3 Å². The first kappa shape index (κ1) is 26.8. The van der Waals surface area contributed by atoms with E-state index >= 15 is 0 Å². The lowest BCUT2D eigenvalue weighted by molar-refractivity contribution is -0.384. The number of nitro groups is 1. The molecule has 0 amide bonds. The van der Waals surface area contributed by atoms with E-state index < -0.39 is 0 Å². The number of hydrogen-bond acceptors (Lipinski definition) is 6. The molecule has 0 saturated carbocycles. The molecule has 5 aromatic rings. The third-order valence-electron chi connectivity index (χ3n) is 7.32. The summed E-state index contributed by atoms with van der Waals surface area (Å²) in [7, 11) is 0. The van der Waals surface area contributed by atoms with E-state index in [-0.39, 0.29) is 22.7 Å². The van der Waals surface area contributed by atoms with Gasteiger partial charge in [0.1, 0.15) is 5.76 Å². The number of aromatic nitrogens is 2. The van der Waals surface area contributed by atoms with E-state index in [1.54, 1.807) is 30.2 Å². The second kappa shape index (κ2) is 11.2. The Hall–Kier alpha value is -4.41. The van der Waals surface area contributed by atoms with Crippen molar-refractivity contribution in [3.05, 3.63) is 136 Å². The molecule has 0 aliphatic carbocycles.